The van der Waals surface area contributed by atoms with Gasteiger partial charge in [0.25, 0.3) is 0 Å². The lowest BCUT2D eigenvalue weighted by Gasteiger charge is -2.28. The van der Waals surface area contributed by atoms with Gasteiger partial charge in [-0.2, -0.15) is 0 Å². The van der Waals surface area contributed by atoms with Gasteiger partial charge in [0.1, 0.15) is 5.60 Å². The number of rotatable bonds is 4. The quantitative estimate of drug-likeness (QED) is 0.749. The van der Waals surface area contributed by atoms with E-state index in [2.05, 4.69) is 5.32 Å². The van der Waals surface area contributed by atoms with Crippen LogP contribution < -0.4 is 11.1 Å². The third kappa shape index (κ3) is 5.02. The number of amides is 1. The standard InChI is InChI=1S/C11H22N2O2/c1-11(2,15-10(12)14)7-6-9-5-3-4-8-13-9/h9,13H,3-8H2,1-2H3,(H2,12,14). The predicted octanol–water partition coefficient (Wildman–Crippen LogP) is 1.78. The van der Waals surface area contributed by atoms with Gasteiger partial charge < -0.3 is 15.8 Å². The Labute approximate surface area is 91.5 Å². The molecule has 1 saturated heterocycles. The molecule has 15 heavy (non-hydrogen) atoms. The van der Waals surface area contributed by atoms with Crippen molar-refractivity contribution in [1.29, 1.82) is 0 Å². The van der Waals surface area contributed by atoms with Crippen LogP contribution in [0.4, 0.5) is 4.79 Å². The van der Waals surface area contributed by atoms with Crippen molar-refractivity contribution in [1.82, 2.24) is 5.32 Å². The van der Waals surface area contributed by atoms with Gasteiger partial charge in [0.05, 0.1) is 0 Å². The van der Waals surface area contributed by atoms with Gasteiger partial charge >= 0.3 is 6.09 Å². The number of carbonyl (C=O) groups is 1. The highest BCUT2D eigenvalue weighted by atomic mass is 16.6. The number of nitrogens with one attached hydrogen (secondary N) is 1. The highest BCUT2D eigenvalue weighted by molar-refractivity contribution is 5.65. The van der Waals surface area contributed by atoms with Crippen molar-refractivity contribution in [3.8, 4) is 0 Å². The average molecular weight is 214 g/mol. The zero-order valence-electron chi connectivity index (χ0n) is 9.71. The molecule has 1 unspecified atom stereocenters. The Morgan fingerprint density at radius 2 is 2.27 bits per heavy atom. The predicted molar refractivity (Wildman–Crippen MR) is 59.6 cm³/mol. The topological polar surface area (TPSA) is 64.3 Å². The molecule has 0 aromatic rings. The molecule has 0 aliphatic carbocycles. The molecule has 4 nitrogen and oxygen atoms in total. The molecule has 1 aliphatic heterocycles. The maximum Gasteiger partial charge on any atom is 0.405 e. The molecule has 0 aromatic carbocycles. The van der Waals surface area contributed by atoms with Crippen LogP contribution in [0.1, 0.15) is 46.0 Å². The summed E-state index contributed by atoms with van der Waals surface area (Å²) in [6, 6.07) is 0.578. The Hall–Kier alpha value is -0.770. The first-order valence-electron chi connectivity index (χ1n) is 5.71. The second-order valence-electron chi connectivity index (χ2n) is 4.87. The van der Waals surface area contributed by atoms with E-state index in [1.807, 2.05) is 13.8 Å². The molecule has 1 aliphatic rings. The van der Waals surface area contributed by atoms with Crippen molar-refractivity contribution in [3.63, 3.8) is 0 Å². The van der Waals surface area contributed by atoms with Gasteiger partial charge in [0, 0.05) is 6.04 Å². The van der Waals surface area contributed by atoms with E-state index >= 15 is 0 Å². The molecule has 0 radical (unpaired) electrons. The molecule has 0 saturated carbocycles. The number of nitrogens with two attached hydrogens (primary N) is 1. The Kier molecular flexibility index (Phi) is 4.39. The highest BCUT2D eigenvalue weighted by Crippen LogP contribution is 2.20. The first kappa shape index (κ1) is 12.3. The largest absolute Gasteiger partial charge is 0.444 e. The van der Waals surface area contributed by atoms with E-state index in [1.165, 1.54) is 19.3 Å². The first-order chi connectivity index (χ1) is 6.99. The summed E-state index contributed by atoms with van der Waals surface area (Å²) in [4.78, 5) is 10.7. The van der Waals surface area contributed by atoms with Crippen LogP contribution in [-0.4, -0.2) is 24.3 Å². The monoisotopic (exact) mass is 214 g/mol. The summed E-state index contributed by atoms with van der Waals surface area (Å²) in [5, 5.41) is 3.47. The maximum absolute atomic E-state index is 10.7. The second kappa shape index (κ2) is 5.35. The summed E-state index contributed by atoms with van der Waals surface area (Å²) in [7, 11) is 0. The van der Waals surface area contributed by atoms with Gasteiger partial charge in [-0.15, -0.1) is 0 Å². The van der Waals surface area contributed by atoms with Crippen molar-refractivity contribution in [2.75, 3.05) is 6.54 Å². The van der Waals surface area contributed by atoms with Crippen LogP contribution in [0.25, 0.3) is 0 Å². The molecule has 1 fully saturated rings. The van der Waals surface area contributed by atoms with Crippen molar-refractivity contribution < 1.29 is 9.53 Å². The zero-order valence-corrected chi connectivity index (χ0v) is 9.71. The fourth-order valence-electron chi connectivity index (χ4n) is 2.02. The normalized spacial score (nSPS) is 22.4. The summed E-state index contributed by atoms with van der Waals surface area (Å²) in [5.41, 5.74) is 4.57. The summed E-state index contributed by atoms with van der Waals surface area (Å²) in [6.07, 6.45) is 5.02. The molecular weight excluding hydrogens is 192 g/mol. The molecule has 1 atom stereocenters. The number of hydrogen-bond donors (Lipinski definition) is 2. The molecule has 3 N–H and O–H groups in total. The number of primary amides is 1. The van der Waals surface area contributed by atoms with E-state index in [1.54, 1.807) is 0 Å². The van der Waals surface area contributed by atoms with Crippen LogP contribution in [0, 0.1) is 0 Å². The summed E-state index contributed by atoms with van der Waals surface area (Å²) in [6.45, 7) is 4.92. The maximum atomic E-state index is 10.7. The minimum Gasteiger partial charge on any atom is -0.444 e. The average Bonchev–Trinajstić information content (AvgIpc) is 2.15. The van der Waals surface area contributed by atoms with Crippen molar-refractivity contribution in [2.24, 2.45) is 5.73 Å². The number of hydrogen-bond acceptors (Lipinski definition) is 3. The van der Waals surface area contributed by atoms with Gasteiger partial charge in [-0.05, 0) is 46.1 Å². The number of carbonyl (C=O) groups excluding carboxylic acids is 1. The third-order valence-corrected chi connectivity index (χ3v) is 2.88. The highest BCUT2D eigenvalue weighted by Gasteiger charge is 2.23. The number of ether oxygens (including phenoxy) is 1. The van der Waals surface area contributed by atoms with E-state index in [4.69, 9.17) is 10.5 Å². The molecule has 0 spiro atoms. The molecule has 0 bridgehead atoms. The van der Waals surface area contributed by atoms with Crippen molar-refractivity contribution in [2.45, 2.75) is 57.6 Å². The Morgan fingerprint density at radius 1 is 1.53 bits per heavy atom. The van der Waals surface area contributed by atoms with Crippen LogP contribution in [0.3, 0.4) is 0 Å². The Morgan fingerprint density at radius 3 is 2.80 bits per heavy atom. The van der Waals surface area contributed by atoms with Crippen LogP contribution in [0.2, 0.25) is 0 Å². The minimum absolute atomic E-state index is 0.440. The Bertz CT molecular complexity index is 211. The molecule has 88 valence electrons. The molecule has 4 heteroatoms. The second-order valence-corrected chi connectivity index (χ2v) is 4.87. The lowest BCUT2D eigenvalue weighted by Crippen LogP contribution is -2.37. The summed E-state index contributed by atoms with van der Waals surface area (Å²) in [5.74, 6) is 0. The van der Waals surface area contributed by atoms with E-state index in [0.717, 1.165) is 19.4 Å². The van der Waals surface area contributed by atoms with Crippen LogP contribution in [0.15, 0.2) is 0 Å². The van der Waals surface area contributed by atoms with Crippen molar-refractivity contribution >= 4 is 6.09 Å². The van der Waals surface area contributed by atoms with Gasteiger partial charge in [-0.1, -0.05) is 6.42 Å². The van der Waals surface area contributed by atoms with Gasteiger partial charge in [0.15, 0.2) is 0 Å². The van der Waals surface area contributed by atoms with E-state index in [-0.39, 0.29) is 0 Å². The van der Waals surface area contributed by atoms with Gasteiger partial charge in [-0.25, -0.2) is 4.79 Å². The van der Waals surface area contributed by atoms with E-state index < -0.39 is 11.7 Å². The smallest absolute Gasteiger partial charge is 0.405 e. The third-order valence-electron chi connectivity index (χ3n) is 2.88. The zero-order chi connectivity index (χ0) is 11.3. The lowest BCUT2D eigenvalue weighted by molar-refractivity contribution is 0.0349. The number of piperidine rings is 1. The van der Waals surface area contributed by atoms with Gasteiger partial charge in [-0.3, -0.25) is 0 Å². The van der Waals surface area contributed by atoms with E-state index in [9.17, 15) is 4.79 Å². The van der Waals surface area contributed by atoms with Crippen LogP contribution in [-0.2, 0) is 4.74 Å². The van der Waals surface area contributed by atoms with Crippen molar-refractivity contribution in [3.05, 3.63) is 0 Å². The molecule has 0 aromatic heterocycles. The molecule has 1 rings (SSSR count). The van der Waals surface area contributed by atoms with Gasteiger partial charge in [0.2, 0.25) is 0 Å². The fourth-order valence-corrected chi connectivity index (χ4v) is 2.02. The summed E-state index contributed by atoms with van der Waals surface area (Å²) < 4.78 is 5.04. The van der Waals surface area contributed by atoms with Crippen LogP contribution in [0.5, 0.6) is 0 Å². The van der Waals surface area contributed by atoms with Crippen LogP contribution >= 0.6 is 0 Å². The molecular formula is C11H22N2O2. The fraction of sp³-hybridized carbons (Fsp3) is 0.909. The minimum atomic E-state index is -0.684. The SMILES string of the molecule is CC(C)(CCC1CCCCN1)OC(N)=O. The molecule has 1 amide bonds. The first-order valence-corrected chi connectivity index (χ1v) is 5.71. The Balaban J connectivity index is 2.24. The van der Waals surface area contributed by atoms with E-state index in [0.29, 0.717) is 6.04 Å². The molecule has 1 heterocycles. The summed E-state index contributed by atoms with van der Waals surface area (Å²) >= 11 is 0. The lowest BCUT2D eigenvalue weighted by atomic mass is 9.94.